The number of aryl methyl sites for hydroxylation is 1. The molecule has 1 aliphatic carbocycles. The van der Waals surface area contributed by atoms with Gasteiger partial charge in [0.05, 0.1) is 11.3 Å². The zero-order valence-electron chi connectivity index (χ0n) is 12.7. The van der Waals surface area contributed by atoms with Crippen molar-refractivity contribution in [2.75, 3.05) is 6.61 Å². The van der Waals surface area contributed by atoms with Gasteiger partial charge in [-0.05, 0) is 37.0 Å². The Labute approximate surface area is 142 Å². The Hall–Kier alpha value is -1.88. The van der Waals surface area contributed by atoms with Crippen molar-refractivity contribution in [3.8, 4) is 0 Å². The van der Waals surface area contributed by atoms with Crippen LogP contribution in [0.5, 0.6) is 0 Å². The van der Waals surface area contributed by atoms with Gasteiger partial charge in [-0.25, -0.2) is 4.79 Å². The molecule has 0 saturated carbocycles. The first-order valence-electron chi connectivity index (χ1n) is 7.75. The molecule has 1 aromatic carbocycles. The lowest BCUT2D eigenvalue weighted by molar-refractivity contribution is -0.136. The topological polar surface area (TPSA) is 55.4 Å². The normalized spacial score (nSPS) is 23.5. The number of ketones is 1. The van der Waals surface area contributed by atoms with Crippen LogP contribution in [0.2, 0.25) is 0 Å². The number of halogens is 1. The highest BCUT2D eigenvalue weighted by atomic mass is 79.9. The molecule has 0 saturated heterocycles. The first-order chi connectivity index (χ1) is 11.1. The summed E-state index contributed by atoms with van der Waals surface area (Å²) in [5, 5.41) is 3.29. The molecule has 0 bridgehead atoms. The van der Waals surface area contributed by atoms with Crippen LogP contribution < -0.4 is 5.32 Å². The highest BCUT2D eigenvalue weighted by Crippen LogP contribution is 2.44. The van der Waals surface area contributed by atoms with Crippen molar-refractivity contribution in [2.24, 2.45) is 0 Å². The van der Waals surface area contributed by atoms with E-state index in [1.807, 2.05) is 25.1 Å². The molecular weight excluding hydrogens is 358 g/mol. The average molecular weight is 374 g/mol. The van der Waals surface area contributed by atoms with E-state index < -0.39 is 0 Å². The van der Waals surface area contributed by atoms with Gasteiger partial charge in [-0.2, -0.15) is 0 Å². The van der Waals surface area contributed by atoms with Gasteiger partial charge in [0.2, 0.25) is 0 Å². The van der Waals surface area contributed by atoms with Gasteiger partial charge in [-0.3, -0.25) is 4.79 Å². The molecule has 118 valence electrons. The zero-order valence-corrected chi connectivity index (χ0v) is 14.3. The summed E-state index contributed by atoms with van der Waals surface area (Å²) >= 11 is 3.51. The number of hydrogen-bond acceptors (Lipinski definition) is 4. The molecule has 2 heterocycles. The Morgan fingerprint density at radius 2 is 2.00 bits per heavy atom. The molecule has 4 rings (SSSR count). The van der Waals surface area contributed by atoms with Crippen molar-refractivity contribution in [3.63, 3.8) is 0 Å². The largest absolute Gasteiger partial charge is 0.456 e. The van der Waals surface area contributed by atoms with Crippen LogP contribution in [0.4, 0.5) is 0 Å². The standard InChI is InChI=1S/C18H16BrNO3/c1-9-7-10(5-6-11(9)19)15-16-12(3-2-4-14(16)21)20-13-8-23-18(22)17(13)15/h5-7,15,20H,2-4,8H2,1H3. The van der Waals surface area contributed by atoms with Crippen LogP contribution in [-0.4, -0.2) is 18.4 Å². The van der Waals surface area contributed by atoms with Crippen molar-refractivity contribution < 1.29 is 14.3 Å². The third-order valence-electron chi connectivity index (χ3n) is 4.74. The Balaban J connectivity index is 1.91. The number of carbonyl (C=O) groups is 2. The maximum atomic E-state index is 12.6. The van der Waals surface area contributed by atoms with Crippen LogP contribution in [0.3, 0.4) is 0 Å². The molecule has 5 heteroatoms. The summed E-state index contributed by atoms with van der Waals surface area (Å²) in [6.45, 7) is 2.28. The zero-order chi connectivity index (χ0) is 16.1. The van der Waals surface area contributed by atoms with Gasteiger partial charge in [0.15, 0.2) is 5.78 Å². The molecule has 1 unspecified atom stereocenters. The number of cyclic esters (lactones) is 1. The lowest BCUT2D eigenvalue weighted by Gasteiger charge is -2.32. The van der Waals surface area contributed by atoms with Crippen LogP contribution in [0.25, 0.3) is 0 Å². The number of carbonyl (C=O) groups excluding carboxylic acids is 2. The molecule has 0 amide bonds. The van der Waals surface area contributed by atoms with Gasteiger partial charge in [-0.15, -0.1) is 0 Å². The first-order valence-corrected chi connectivity index (χ1v) is 8.55. The van der Waals surface area contributed by atoms with Crippen LogP contribution in [-0.2, 0) is 14.3 Å². The average Bonchev–Trinajstić information content (AvgIpc) is 2.90. The molecule has 0 aromatic heterocycles. The summed E-state index contributed by atoms with van der Waals surface area (Å²) in [6.07, 6.45) is 2.25. The fourth-order valence-electron chi connectivity index (χ4n) is 3.65. The molecule has 0 fully saturated rings. The second-order valence-corrected chi connectivity index (χ2v) is 7.06. The van der Waals surface area contributed by atoms with Crippen molar-refractivity contribution >= 4 is 27.7 Å². The molecule has 0 spiro atoms. The van der Waals surface area contributed by atoms with E-state index in [1.54, 1.807) is 0 Å². The molecule has 3 aliphatic rings. The second-order valence-electron chi connectivity index (χ2n) is 6.20. The number of ether oxygens (including phenoxy) is 1. The highest BCUT2D eigenvalue weighted by molar-refractivity contribution is 9.10. The van der Waals surface area contributed by atoms with E-state index in [0.717, 1.165) is 45.4 Å². The molecule has 4 nitrogen and oxygen atoms in total. The van der Waals surface area contributed by atoms with Gasteiger partial charge >= 0.3 is 5.97 Å². The molecule has 2 aliphatic heterocycles. The van der Waals surface area contributed by atoms with Crippen molar-refractivity contribution in [1.82, 2.24) is 5.32 Å². The van der Waals surface area contributed by atoms with E-state index in [2.05, 4.69) is 21.2 Å². The molecule has 1 atom stereocenters. The lowest BCUT2D eigenvalue weighted by Crippen LogP contribution is -2.32. The number of dihydropyridines is 1. The summed E-state index contributed by atoms with van der Waals surface area (Å²) in [7, 11) is 0. The van der Waals surface area contributed by atoms with Gasteiger partial charge in [0.1, 0.15) is 6.61 Å². The Bertz CT molecular complexity index is 806. The Morgan fingerprint density at radius 1 is 1.17 bits per heavy atom. The third-order valence-corrected chi connectivity index (χ3v) is 5.63. The van der Waals surface area contributed by atoms with Gasteiger partial charge in [0.25, 0.3) is 0 Å². The third kappa shape index (κ3) is 2.26. The van der Waals surface area contributed by atoms with Crippen LogP contribution in [0.15, 0.2) is 45.2 Å². The lowest BCUT2D eigenvalue weighted by atomic mass is 9.75. The van der Waals surface area contributed by atoms with Crippen LogP contribution in [0.1, 0.15) is 36.3 Å². The quantitative estimate of drug-likeness (QED) is 0.767. The van der Waals surface area contributed by atoms with E-state index >= 15 is 0 Å². The Kier molecular flexibility index (Phi) is 3.41. The maximum absolute atomic E-state index is 12.6. The Morgan fingerprint density at radius 3 is 2.78 bits per heavy atom. The van der Waals surface area contributed by atoms with E-state index in [4.69, 9.17) is 4.74 Å². The number of allylic oxidation sites excluding steroid dienone is 2. The summed E-state index contributed by atoms with van der Waals surface area (Å²) in [6, 6.07) is 6.00. The predicted molar refractivity (Wildman–Crippen MR) is 88.6 cm³/mol. The molecular formula is C18H16BrNO3. The summed E-state index contributed by atoms with van der Waals surface area (Å²) in [4.78, 5) is 24.8. The summed E-state index contributed by atoms with van der Waals surface area (Å²) in [5.74, 6) is -0.491. The van der Waals surface area contributed by atoms with Crippen LogP contribution in [0, 0.1) is 6.92 Å². The molecule has 0 radical (unpaired) electrons. The highest BCUT2D eigenvalue weighted by Gasteiger charge is 2.42. The predicted octanol–water partition coefficient (Wildman–Crippen LogP) is 3.26. The fraction of sp³-hybridized carbons (Fsp3) is 0.333. The number of benzene rings is 1. The summed E-state index contributed by atoms with van der Waals surface area (Å²) < 4.78 is 6.24. The number of hydrogen-bond donors (Lipinski definition) is 1. The number of rotatable bonds is 1. The van der Waals surface area contributed by atoms with Crippen molar-refractivity contribution in [1.29, 1.82) is 0 Å². The van der Waals surface area contributed by atoms with Gasteiger partial charge in [-0.1, -0.05) is 28.1 Å². The van der Waals surface area contributed by atoms with Gasteiger partial charge < -0.3 is 10.1 Å². The maximum Gasteiger partial charge on any atom is 0.337 e. The minimum Gasteiger partial charge on any atom is -0.456 e. The van der Waals surface area contributed by atoms with Gasteiger partial charge in [0, 0.05) is 28.1 Å². The van der Waals surface area contributed by atoms with Crippen molar-refractivity contribution in [3.05, 3.63) is 56.3 Å². The molecule has 1 N–H and O–H groups in total. The van der Waals surface area contributed by atoms with E-state index in [-0.39, 0.29) is 24.3 Å². The van der Waals surface area contributed by atoms with E-state index in [1.165, 1.54) is 0 Å². The fourth-order valence-corrected chi connectivity index (χ4v) is 3.89. The number of Topliss-reactive ketones (excluding diaryl/α,β-unsaturated/α-hetero) is 1. The molecule has 1 aromatic rings. The minimum absolute atomic E-state index is 0.135. The SMILES string of the molecule is Cc1cc(C2C3=C(CCCC3=O)NC3=C2C(=O)OC3)ccc1Br. The molecule has 23 heavy (non-hydrogen) atoms. The smallest absolute Gasteiger partial charge is 0.337 e. The first kappa shape index (κ1) is 14.7. The summed E-state index contributed by atoms with van der Waals surface area (Å²) in [5.41, 5.74) is 5.18. The van der Waals surface area contributed by atoms with E-state index in [0.29, 0.717) is 12.0 Å². The van der Waals surface area contributed by atoms with E-state index in [9.17, 15) is 9.59 Å². The minimum atomic E-state index is -0.317. The monoisotopic (exact) mass is 373 g/mol. The number of esters is 1. The van der Waals surface area contributed by atoms with Crippen LogP contribution >= 0.6 is 15.9 Å². The second kappa shape index (κ2) is 5.34. The number of nitrogens with one attached hydrogen (secondary N) is 1. The van der Waals surface area contributed by atoms with Crippen molar-refractivity contribution in [2.45, 2.75) is 32.1 Å².